The van der Waals surface area contributed by atoms with Gasteiger partial charge in [0.15, 0.2) is 11.5 Å². The molecule has 0 aliphatic heterocycles. The topological polar surface area (TPSA) is 44.5 Å². The summed E-state index contributed by atoms with van der Waals surface area (Å²) in [4.78, 5) is 0. The molecule has 0 fully saturated rings. The standard InChI is InChI=1S/C16H18ClNO2/c1-10-12(5-4-6-14(10)17)13-7-11(9-18)8-15(19-2)16(13)20-3/h4-8H,9,18H2,1-3H3. The normalized spacial score (nSPS) is 10.4. The van der Waals surface area contributed by atoms with Gasteiger partial charge < -0.3 is 15.2 Å². The summed E-state index contributed by atoms with van der Waals surface area (Å²) < 4.78 is 10.9. The number of hydrogen-bond donors (Lipinski definition) is 1. The molecule has 0 spiro atoms. The van der Waals surface area contributed by atoms with Crippen LogP contribution in [0.4, 0.5) is 0 Å². The number of benzene rings is 2. The number of rotatable bonds is 4. The van der Waals surface area contributed by atoms with Crippen LogP contribution in [0.3, 0.4) is 0 Å². The van der Waals surface area contributed by atoms with Gasteiger partial charge in [-0.25, -0.2) is 0 Å². The van der Waals surface area contributed by atoms with Crippen molar-refractivity contribution in [3.63, 3.8) is 0 Å². The van der Waals surface area contributed by atoms with Gasteiger partial charge in [0.2, 0.25) is 0 Å². The van der Waals surface area contributed by atoms with Crippen molar-refractivity contribution in [3.05, 3.63) is 46.5 Å². The Labute approximate surface area is 124 Å². The average Bonchev–Trinajstić information content (AvgIpc) is 2.48. The van der Waals surface area contributed by atoms with Crippen LogP contribution in [0.25, 0.3) is 11.1 Å². The van der Waals surface area contributed by atoms with E-state index in [0.29, 0.717) is 18.0 Å². The third kappa shape index (κ3) is 2.60. The van der Waals surface area contributed by atoms with Gasteiger partial charge in [0, 0.05) is 17.1 Å². The molecule has 0 amide bonds. The SMILES string of the molecule is COc1cc(CN)cc(-c2cccc(Cl)c2C)c1OC. The first-order valence-corrected chi connectivity index (χ1v) is 6.70. The molecule has 2 rings (SSSR count). The average molecular weight is 292 g/mol. The van der Waals surface area contributed by atoms with Gasteiger partial charge in [-0.1, -0.05) is 23.7 Å². The summed E-state index contributed by atoms with van der Waals surface area (Å²) in [5.74, 6) is 1.36. The van der Waals surface area contributed by atoms with Crippen molar-refractivity contribution in [2.24, 2.45) is 5.73 Å². The minimum atomic E-state index is 0.437. The van der Waals surface area contributed by atoms with E-state index in [4.69, 9.17) is 26.8 Å². The molecule has 0 saturated carbocycles. The zero-order chi connectivity index (χ0) is 14.7. The Kier molecular flexibility index (Phi) is 4.53. The predicted molar refractivity (Wildman–Crippen MR) is 82.6 cm³/mol. The molecule has 3 nitrogen and oxygen atoms in total. The molecule has 0 radical (unpaired) electrons. The monoisotopic (exact) mass is 291 g/mol. The number of halogens is 1. The molecule has 0 heterocycles. The first-order chi connectivity index (χ1) is 9.62. The van der Waals surface area contributed by atoms with Gasteiger partial charge in [0.25, 0.3) is 0 Å². The maximum absolute atomic E-state index is 6.21. The van der Waals surface area contributed by atoms with Gasteiger partial charge in [0.1, 0.15) is 0 Å². The Morgan fingerprint density at radius 3 is 2.45 bits per heavy atom. The van der Waals surface area contributed by atoms with Crippen LogP contribution in [-0.2, 0) is 6.54 Å². The second-order valence-corrected chi connectivity index (χ2v) is 4.90. The van der Waals surface area contributed by atoms with Crippen molar-refractivity contribution in [1.29, 1.82) is 0 Å². The fraction of sp³-hybridized carbons (Fsp3) is 0.250. The fourth-order valence-corrected chi connectivity index (χ4v) is 2.41. The van der Waals surface area contributed by atoms with Gasteiger partial charge in [-0.15, -0.1) is 0 Å². The number of hydrogen-bond acceptors (Lipinski definition) is 3. The fourth-order valence-electron chi connectivity index (χ4n) is 2.24. The summed E-state index contributed by atoms with van der Waals surface area (Å²) in [6, 6.07) is 9.71. The lowest BCUT2D eigenvalue weighted by Crippen LogP contribution is -2.01. The van der Waals surface area contributed by atoms with Crippen molar-refractivity contribution >= 4 is 11.6 Å². The van der Waals surface area contributed by atoms with Crippen LogP contribution in [0.2, 0.25) is 5.02 Å². The van der Waals surface area contributed by atoms with Crippen LogP contribution in [0, 0.1) is 6.92 Å². The molecule has 2 aromatic rings. The maximum Gasteiger partial charge on any atom is 0.168 e. The highest BCUT2D eigenvalue weighted by atomic mass is 35.5. The van der Waals surface area contributed by atoms with E-state index >= 15 is 0 Å². The summed E-state index contributed by atoms with van der Waals surface area (Å²) in [5.41, 5.74) is 9.70. The molecule has 0 atom stereocenters. The number of methoxy groups -OCH3 is 2. The molecule has 0 aromatic heterocycles. The Hall–Kier alpha value is -1.71. The second-order valence-electron chi connectivity index (χ2n) is 4.50. The molecule has 2 aromatic carbocycles. The zero-order valence-corrected chi connectivity index (χ0v) is 12.6. The molecular weight excluding hydrogens is 274 g/mol. The third-order valence-electron chi connectivity index (χ3n) is 3.33. The van der Waals surface area contributed by atoms with E-state index in [-0.39, 0.29) is 0 Å². The van der Waals surface area contributed by atoms with Crippen molar-refractivity contribution < 1.29 is 9.47 Å². The molecule has 2 N–H and O–H groups in total. The van der Waals surface area contributed by atoms with E-state index < -0.39 is 0 Å². The van der Waals surface area contributed by atoms with Crippen molar-refractivity contribution in [2.45, 2.75) is 13.5 Å². The summed E-state index contributed by atoms with van der Waals surface area (Å²) in [7, 11) is 3.25. The van der Waals surface area contributed by atoms with Crippen LogP contribution >= 0.6 is 11.6 Å². The van der Waals surface area contributed by atoms with E-state index in [1.54, 1.807) is 14.2 Å². The van der Waals surface area contributed by atoms with E-state index in [1.165, 1.54) is 0 Å². The van der Waals surface area contributed by atoms with Gasteiger partial charge in [0.05, 0.1) is 14.2 Å². The first kappa shape index (κ1) is 14.7. The van der Waals surface area contributed by atoms with E-state index in [9.17, 15) is 0 Å². The van der Waals surface area contributed by atoms with Crippen molar-refractivity contribution in [1.82, 2.24) is 0 Å². The van der Waals surface area contributed by atoms with E-state index in [0.717, 1.165) is 27.3 Å². The van der Waals surface area contributed by atoms with E-state index in [2.05, 4.69) is 0 Å². The Balaban J connectivity index is 2.74. The summed E-state index contributed by atoms with van der Waals surface area (Å²) in [6.07, 6.45) is 0. The molecule has 0 unspecified atom stereocenters. The minimum Gasteiger partial charge on any atom is -0.493 e. The highest BCUT2D eigenvalue weighted by Gasteiger charge is 2.16. The summed E-state index contributed by atoms with van der Waals surface area (Å²) in [6.45, 7) is 2.42. The summed E-state index contributed by atoms with van der Waals surface area (Å²) in [5, 5.41) is 0.724. The lowest BCUT2D eigenvalue weighted by atomic mass is 9.97. The Bertz CT molecular complexity index is 626. The van der Waals surface area contributed by atoms with Crippen molar-refractivity contribution in [2.75, 3.05) is 14.2 Å². The number of ether oxygens (including phenoxy) is 2. The van der Waals surface area contributed by atoms with Crippen LogP contribution in [0.1, 0.15) is 11.1 Å². The molecular formula is C16H18ClNO2. The zero-order valence-electron chi connectivity index (χ0n) is 11.9. The van der Waals surface area contributed by atoms with Crippen molar-refractivity contribution in [3.8, 4) is 22.6 Å². The van der Waals surface area contributed by atoms with Gasteiger partial charge in [-0.3, -0.25) is 0 Å². The molecule has 106 valence electrons. The maximum atomic E-state index is 6.21. The number of nitrogens with two attached hydrogens (primary N) is 1. The molecule has 4 heteroatoms. The summed E-state index contributed by atoms with van der Waals surface area (Å²) >= 11 is 6.21. The largest absolute Gasteiger partial charge is 0.493 e. The Morgan fingerprint density at radius 2 is 1.85 bits per heavy atom. The van der Waals surface area contributed by atoms with Crippen LogP contribution in [-0.4, -0.2) is 14.2 Å². The van der Waals surface area contributed by atoms with Gasteiger partial charge in [-0.2, -0.15) is 0 Å². The molecule has 0 bridgehead atoms. The highest BCUT2D eigenvalue weighted by molar-refractivity contribution is 6.31. The molecule has 20 heavy (non-hydrogen) atoms. The van der Waals surface area contributed by atoms with Crippen LogP contribution in [0.15, 0.2) is 30.3 Å². The van der Waals surface area contributed by atoms with Crippen LogP contribution in [0.5, 0.6) is 11.5 Å². The van der Waals surface area contributed by atoms with Gasteiger partial charge >= 0.3 is 0 Å². The third-order valence-corrected chi connectivity index (χ3v) is 3.74. The van der Waals surface area contributed by atoms with E-state index in [1.807, 2.05) is 37.3 Å². The van der Waals surface area contributed by atoms with Gasteiger partial charge in [-0.05, 0) is 41.8 Å². The smallest absolute Gasteiger partial charge is 0.168 e. The molecule has 0 aliphatic carbocycles. The minimum absolute atomic E-state index is 0.437. The first-order valence-electron chi connectivity index (χ1n) is 6.32. The second kappa shape index (κ2) is 6.16. The van der Waals surface area contributed by atoms with Crippen LogP contribution < -0.4 is 15.2 Å². The lowest BCUT2D eigenvalue weighted by molar-refractivity contribution is 0.355. The molecule has 0 saturated heterocycles. The highest BCUT2D eigenvalue weighted by Crippen LogP contribution is 2.41. The molecule has 0 aliphatic rings. The lowest BCUT2D eigenvalue weighted by Gasteiger charge is -2.16. The quantitative estimate of drug-likeness (QED) is 0.932. The predicted octanol–water partition coefficient (Wildman–Crippen LogP) is 3.79. The Morgan fingerprint density at radius 1 is 1.10 bits per heavy atom.